The van der Waals surface area contributed by atoms with E-state index in [1.54, 1.807) is 7.05 Å². The first kappa shape index (κ1) is 27.9. The molecule has 0 spiro atoms. The summed E-state index contributed by atoms with van der Waals surface area (Å²) in [5, 5.41) is 6.80. The number of hydrogen-bond donors (Lipinski definition) is 2. The Morgan fingerprint density at radius 1 is 1.09 bits per heavy atom. The molecule has 6 nitrogen and oxygen atoms in total. The molecule has 33 heavy (non-hydrogen) atoms. The summed E-state index contributed by atoms with van der Waals surface area (Å²) < 4.78 is 6.07. The van der Waals surface area contributed by atoms with Gasteiger partial charge in [0, 0.05) is 52.2 Å². The van der Waals surface area contributed by atoms with Gasteiger partial charge in [-0.05, 0) is 37.7 Å². The van der Waals surface area contributed by atoms with Gasteiger partial charge in [0.1, 0.15) is 0 Å². The number of nitrogens with zero attached hydrogens (tertiary/aromatic N) is 2. The highest BCUT2D eigenvalue weighted by atomic mass is 127. The van der Waals surface area contributed by atoms with E-state index in [4.69, 9.17) is 4.74 Å². The Morgan fingerprint density at radius 2 is 1.85 bits per heavy atom. The summed E-state index contributed by atoms with van der Waals surface area (Å²) in [5.74, 6) is 1.43. The number of unbranched alkanes of at least 4 members (excludes halogenated alkanes) is 1. The van der Waals surface area contributed by atoms with E-state index in [1.165, 1.54) is 44.1 Å². The number of aliphatic imine (C=N–C) groups is 1. The fourth-order valence-electron chi connectivity index (χ4n) is 4.67. The van der Waals surface area contributed by atoms with E-state index in [0.29, 0.717) is 18.4 Å². The Labute approximate surface area is 217 Å². The maximum absolute atomic E-state index is 12.4. The molecule has 1 saturated heterocycles. The molecule has 1 aromatic carbocycles. The van der Waals surface area contributed by atoms with E-state index in [-0.39, 0.29) is 29.9 Å². The van der Waals surface area contributed by atoms with Gasteiger partial charge in [0.05, 0.1) is 6.10 Å². The molecule has 1 heterocycles. The average Bonchev–Trinajstić information content (AvgIpc) is 2.99. The average molecular weight is 571 g/mol. The zero-order valence-electron chi connectivity index (χ0n) is 20.3. The van der Waals surface area contributed by atoms with Crippen molar-refractivity contribution in [2.45, 2.75) is 70.3 Å². The molecule has 3 rings (SSSR count). The van der Waals surface area contributed by atoms with Crippen molar-refractivity contribution in [2.75, 3.05) is 39.8 Å². The van der Waals surface area contributed by atoms with Crippen LogP contribution in [0.25, 0.3) is 0 Å². The van der Waals surface area contributed by atoms with E-state index >= 15 is 0 Å². The van der Waals surface area contributed by atoms with Gasteiger partial charge < -0.3 is 20.3 Å². The summed E-state index contributed by atoms with van der Waals surface area (Å²) in [4.78, 5) is 18.7. The van der Waals surface area contributed by atoms with Crippen molar-refractivity contribution in [2.24, 2.45) is 10.9 Å². The van der Waals surface area contributed by atoms with Crippen LogP contribution in [-0.2, 0) is 16.0 Å². The van der Waals surface area contributed by atoms with Crippen LogP contribution >= 0.6 is 24.0 Å². The Kier molecular flexibility index (Phi) is 13.8. The summed E-state index contributed by atoms with van der Waals surface area (Å²) in [7, 11) is 1.80. The molecule has 1 unspecified atom stereocenters. The summed E-state index contributed by atoms with van der Waals surface area (Å²) in [6, 6.07) is 10.4. The van der Waals surface area contributed by atoms with Crippen molar-refractivity contribution >= 4 is 35.8 Å². The summed E-state index contributed by atoms with van der Waals surface area (Å²) in [6.45, 7) is 4.16. The normalized spacial score (nSPS) is 19.8. The number of carbonyl (C=O) groups excluding carboxylic acids is 1. The van der Waals surface area contributed by atoms with Crippen LogP contribution in [-0.4, -0.2) is 62.7 Å². The third-order valence-corrected chi connectivity index (χ3v) is 6.61. The molecule has 2 fully saturated rings. The van der Waals surface area contributed by atoms with Gasteiger partial charge in [-0.1, -0.05) is 56.0 Å². The first-order valence-electron chi connectivity index (χ1n) is 12.6. The molecule has 1 aliphatic carbocycles. The molecule has 7 heteroatoms. The summed E-state index contributed by atoms with van der Waals surface area (Å²) >= 11 is 0. The third kappa shape index (κ3) is 10.6. The van der Waals surface area contributed by atoms with Crippen LogP contribution in [0.4, 0.5) is 0 Å². The lowest BCUT2D eigenvalue weighted by Crippen LogP contribution is -2.40. The van der Waals surface area contributed by atoms with Gasteiger partial charge >= 0.3 is 0 Å². The van der Waals surface area contributed by atoms with E-state index in [2.05, 4.69) is 39.9 Å². The van der Waals surface area contributed by atoms with Crippen LogP contribution in [0.3, 0.4) is 0 Å². The number of hydrogen-bond acceptors (Lipinski definition) is 3. The lowest BCUT2D eigenvalue weighted by Gasteiger charge is -2.18. The Morgan fingerprint density at radius 3 is 2.58 bits per heavy atom. The van der Waals surface area contributed by atoms with Crippen molar-refractivity contribution in [3.05, 3.63) is 35.9 Å². The Hall–Kier alpha value is -1.35. The third-order valence-electron chi connectivity index (χ3n) is 6.61. The van der Waals surface area contributed by atoms with Crippen molar-refractivity contribution in [1.29, 1.82) is 0 Å². The fourth-order valence-corrected chi connectivity index (χ4v) is 4.67. The van der Waals surface area contributed by atoms with Gasteiger partial charge in [0.15, 0.2) is 5.96 Å². The number of likely N-dealkylation sites (tertiary alicyclic amines) is 1. The minimum Gasteiger partial charge on any atom is -0.378 e. The molecule has 1 atom stereocenters. The highest BCUT2D eigenvalue weighted by Crippen LogP contribution is 2.20. The number of benzene rings is 1. The minimum absolute atomic E-state index is 0. The smallest absolute Gasteiger partial charge is 0.223 e. The molecule has 186 valence electrons. The summed E-state index contributed by atoms with van der Waals surface area (Å²) in [6.07, 6.45) is 12.0. The van der Waals surface area contributed by atoms with Crippen molar-refractivity contribution in [1.82, 2.24) is 15.5 Å². The van der Waals surface area contributed by atoms with E-state index < -0.39 is 0 Å². The zero-order chi connectivity index (χ0) is 22.4. The molecule has 0 radical (unpaired) electrons. The van der Waals surface area contributed by atoms with Gasteiger partial charge in [-0.2, -0.15) is 0 Å². The molecule has 1 saturated carbocycles. The number of nitrogens with one attached hydrogen (secondary N) is 2. The minimum atomic E-state index is 0. The Bertz CT molecular complexity index is 693. The van der Waals surface area contributed by atoms with Crippen LogP contribution in [0.15, 0.2) is 35.3 Å². The molecule has 2 N–H and O–H groups in total. The molecular formula is C26H43IN4O2. The molecule has 1 aliphatic heterocycles. The number of rotatable bonds is 11. The quantitative estimate of drug-likeness (QED) is 0.136. The molecule has 1 aromatic rings. The fraction of sp³-hybridized carbons (Fsp3) is 0.692. The van der Waals surface area contributed by atoms with E-state index in [1.807, 2.05) is 11.0 Å². The SMILES string of the molecule is CN=C(NCCCCOC1CCCCCC1)NCC1CC(=O)N(CCc2ccccc2)C1.I. The second kappa shape index (κ2) is 16.3. The largest absolute Gasteiger partial charge is 0.378 e. The van der Waals surface area contributed by atoms with Gasteiger partial charge in [-0.25, -0.2) is 0 Å². The molecule has 0 aromatic heterocycles. The maximum atomic E-state index is 12.4. The highest BCUT2D eigenvalue weighted by Gasteiger charge is 2.29. The van der Waals surface area contributed by atoms with Crippen LogP contribution in [0.1, 0.15) is 63.4 Å². The lowest BCUT2D eigenvalue weighted by atomic mass is 10.1. The summed E-state index contributed by atoms with van der Waals surface area (Å²) in [5.41, 5.74) is 1.28. The predicted octanol–water partition coefficient (Wildman–Crippen LogP) is 4.38. The van der Waals surface area contributed by atoms with Gasteiger partial charge in [0.25, 0.3) is 0 Å². The van der Waals surface area contributed by atoms with Crippen LogP contribution < -0.4 is 10.6 Å². The number of guanidine groups is 1. The van der Waals surface area contributed by atoms with E-state index in [9.17, 15) is 4.79 Å². The van der Waals surface area contributed by atoms with Gasteiger partial charge in [-0.15, -0.1) is 24.0 Å². The van der Waals surface area contributed by atoms with Gasteiger partial charge in [-0.3, -0.25) is 9.79 Å². The first-order chi connectivity index (χ1) is 15.7. The maximum Gasteiger partial charge on any atom is 0.223 e. The number of carbonyl (C=O) groups is 1. The van der Waals surface area contributed by atoms with Crippen molar-refractivity contribution in [3.8, 4) is 0 Å². The zero-order valence-corrected chi connectivity index (χ0v) is 22.6. The second-order valence-electron chi connectivity index (χ2n) is 9.22. The number of halogens is 1. The van der Waals surface area contributed by atoms with Crippen LogP contribution in [0.5, 0.6) is 0 Å². The standard InChI is InChI=1S/C26H42N4O2.HI/c1-27-26(28-16-9-10-18-32-24-13-7-2-3-8-14-24)29-20-23-19-25(31)30(21-23)17-15-22-11-5-4-6-12-22;/h4-6,11-12,23-24H,2-3,7-10,13-21H2,1H3,(H2,27,28,29);1H. The van der Waals surface area contributed by atoms with Crippen molar-refractivity contribution in [3.63, 3.8) is 0 Å². The molecule has 0 bridgehead atoms. The highest BCUT2D eigenvalue weighted by molar-refractivity contribution is 14.0. The lowest BCUT2D eigenvalue weighted by molar-refractivity contribution is -0.127. The van der Waals surface area contributed by atoms with E-state index in [0.717, 1.165) is 58.0 Å². The number of ether oxygens (including phenoxy) is 1. The molecular weight excluding hydrogens is 527 g/mol. The van der Waals surface area contributed by atoms with Crippen LogP contribution in [0, 0.1) is 5.92 Å². The topological polar surface area (TPSA) is 66.0 Å². The monoisotopic (exact) mass is 570 g/mol. The second-order valence-corrected chi connectivity index (χ2v) is 9.22. The Balaban J connectivity index is 0.00000385. The van der Waals surface area contributed by atoms with Crippen LogP contribution in [0.2, 0.25) is 0 Å². The van der Waals surface area contributed by atoms with Gasteiger partial charge in [0.2, 0.25) is 5.91 Å². The number of amides is 1. The predicted molar refractivity (Wildman–Crippen MR) is 146 cm³/mol. The first-order valence-corrected chi connectivity index (χ1v) is 12.6. The molecule has 2 aliphatic rings. The molecule has 1 amide bonds. The van der Waals surface area contributed by atoms with Crippen molar-refractivity contribution < 1.29 is 9.53 Å².